The number of halogens is 6. The Bertz CT molecular complexity index is 1750. The fourth-order valence-corrected chi connectivity index (χ4v) is 4.16. The third kappa shape index (κ3) is 6.42. The summed E-state index contributed by atoms with van der Waals surface area (Å²) >= 11 is 0. The molecule has 0 amide bonds. The Balaban J connectivity index is 0.00000384. The van der Waals surface area contributed by atoms with Crippen molar-refractivity contribution in [3.8, 4) is 45.6 Å². The zero-order chi connectivity index (χ0) is 30.2. The quantitative estimate of drug-likeness (QED) is 0.129. The smallest absolute Gasteiger partial charge is 0.423 e. The van der Waals surface area contributed by atoms with Crippen LogP contribution in [0.2, 0.25) is 0 Å². The SMILES string of the molecule is FC(F)(F)c1c[c-]n(-c2nc(Oc3ccc(-c4ccccc4)c(-n4[c-]cc(C(F)(F)F)n4)n3)ccc2-c2ccccc2)n1.[Pt+2]. The number of nitrogens with zero attached hydrogens (tertiary/aromatic N) is 6. The van der Waals surface area contributed by atoms with Gasteiger partial charge in [-0.2, -0.15) is 26.3 Å². The van der Waals surface area contributed by atoms with E-state index in [1.165, 1.54) is 12.1 Å². The Morgan fingerprint density at radius 2 is 0.932 bits per heavy atom. The summed E-state index contributed by atoms with van der Waals surface area (Å²) in [5, 5.41) is 7.20. The van der Waals surface area contributed by atoms with E-state index in [4.69, 9.17) is 4.74 Å². The maximum Gasteiger partial charge on any atom is 2.00 e. The summed E-state index contributed by atoms with van der Waals surface area (Å²) < 4.78 is 87.3. The Morgan fingerprint density at radius 1 is 0.545 bits per heavy atom. The average Bonchev–Trinajstić information content (AvgIpc) is 3.69. The maximum absolute atomic E-state index is 13.3. The Morgan fingerprint density at radius 3 is 1.27 bits per heavy atom. The second-order valence-corrected chi connectivity index (χ2v) is 9.01. The molecule has 0 aliphatic carbocycles. The summed E-state index contributed by atoms with van der Waals surface area (Å²) in [5.41, 5.74) is -0.125. The molecule has 224 valence electrons. The van der Waals surface area contributed by atoms with Crippen molar-refractivity contribution >= 4 is 0 Å². The summed E-state index contributed by atoms with van der Waals surface area (Å²) in [6.07, 6.45) is -4.50. The molecule has 0 N–H and O–H groups in total. The Labute approximate surface area is 260 Å². The van der Waals surface area contributed by atoms with Gasteiger partial charge in [0, 0.05) is 0 Å². The predicted octanol–water partition coefficient (Wildman–Crippen LogP) is 7.61. The minimum absolute atomic E-state index is 0. The van der Waals surface area contributed by atoms with Crippen molar-refractivity contribution in [3.05, 3.63) is 121 Å². The second-order valence-electron chi connectivity index (χ2n) is 9.01. The average molecular weight is 786 g/mol. The monoisotopic (exact) mass is 785 g/mol. The van der Waals surface area contributed by atoms with Gasteiger partial charge in [-0.25, -0.2) is 0 Å². The number of benzene rings is 2. The van der Waals surface area contributed by atoms with Gasteiger partial charge in [0.05, 0.1) is 23.0 Å². The van der Waals surface area contributed by atoms with Gasteiger partial charge in [-0.1, -0.05) is 85.2 Å². The van der Waals surface area contributed by atoms with Crippen LogP contribution in [0, 0.1) is 12.4 Å². The van der Waals surface area contributed by atoms with E-state index in [2.05, 4.69) is 32.6 Å². The first-order valence-corrected chi connectivity index (χ1v) is 12.5. The zero-order valence-electron chi connectivity index (χ0n) is 21.9. The van der Waals surface area contributed by atoms with E-state index >= 15 is 0 Å². The predicted molar refractivity (Wildman–Crippen MR) is 141 cm³/mol. The van der Waals surface area contributed by atoms with Crippen LogP contribution < -0.4 is 4.74 Å². The van der Waals surface area contributed by atoms with Crippen LogP contribution in [0.15, 0.2) is 97.1 Å². The Hall–Kier alpha value is -4.77. The van der Waals surface area contributed by atoms with Crippen molar-refractivity contribution in [1.29, 1.82) is 0 Å². The van der Waals surface area contributed by atoms with Crippen molar-refractivity contribution < 1.29 is 52.1 Å². The molecule has 4 aromatic heterocycles. The number of pyridine rings is 2. The molecular formula is C30H16F6N6OPt. The van der Waals surface area contributed by atoms with Crippen LogP contribution in [0.1, 0.15) is 11.4 Å². The molecule has 0 atom stereocenters. The summed E-state index contributed by atoms with van der Waals surface area (Å²) in [5.74, 6) is -0.150. The van der Waals surface area contributed by atoms with Gasteiger partial charge < -0.3 is 14.1 Å². The summed E-state index contributed by atoms with van der Waals surface area (Å²) in [6, 6.07) is 25.2. The molecule has 0 saturated carbocycles. The van der Waals surface area contributed by atoms with E-state index in [0.29, 0.717) is 34.4 Å². The molecule has 0 aliphatic heterocycles. The van der Waals surface area contributed by atoms with Gasteiger partial charge >= 0.3 is 33.4 Å². The molecule has 0 radical (unpaired) electrons. The summed E-state index contributed by atoms with van der Waals surface area (Å²) in [7, 11) is 0. The van der Waals surface area contributed by atoms with Gasteiger partial charge in [-0.3, -0.25) is 20.2 Å². The molecule has 14 heteroatoms. The van der Waals surface area contributed by atoms with Gasteiger partial charge in [0.25, 0.3) is 0 Å². The van der Waals surface area contributed by atoms with Crippen LogP contribution in [0.25, 0.3) is 33.9 Å². The fraction of sp³-hybridized carbons (Fsp3) is 0.0667. The summed E-state index contributed by atoms with van der Waals surface area (Å²) in [6.45, 7) is 0. The van der Waals surface area contributed by atoms with E-state index in [1.807, 2.05) is 0 Å². The summed E-state index contributed by atoms with van der Waals surface area (Å²) in [4.78, 5) is 8.78. The molecule has 7 nitrogen and oxygen atoms in total. The molecular weight excluding hydrogens is 769 g/mol. The number of rotatable bonds is 6. The molecule has 0 unspecified atom stereocenters. The van der Waals surface area contributed by atoms with E-state index in [-0.39, 0.29) is 44.5 Å². The molecule has 4 heterocycles. The van der Waals surface area contributed by atoms with Gasteiger partial charge in [0.1, 0.15) is 0 Å². The van der Waals surface area contributed by atoms with E-state index in [0.717, 1.165) is 9.36 Å². The van der Waals surface area contributed by atoms with E-state index < -0.39 is 23.7 Å². The van der Waals surface area contributed by atoms with Crippen LogP contribution in [-0.4, -0.2) is 29.5 Å². The number of ether oxygens (including phenoxy) is 1. The minimum atomic E-state index is -4.70. The number of alkyl halides is 6. The van der Waals surface area contributed by atoms with Gasteiger partial charge in [0.2, 0.25) is 11.8 Å². The molecule has 0 bridgehead atoms. The van der Waals surface area contributed by atoms with E-state index in [1.54, 1.807) is 72.8 Å². The molecule has 0 aliphatic rings. The number of hydrogen-bond acceptors (Lipinski definition) is 5. The molecule has 0 fully saturated rings. The molecule has 44 heavy (non-hydrogen) atoms. The topological polar surface area (TPSA) is 70.7 Å². The molecule has 2 aromatic carbocycles. The maximum atomic E-state index is 13.3. The van der Waals surface area contributed by atoms with Gasteiger partial charge in [-0.15, -0.1) is 12.1 Å². The van der Waals surface area contributed by atoms with Crippen LogP contribution in [0.3, 0.4) is 0 Å². The van der Waals surface area contributed by atoms with Crippen LogP contribution >= 0.6 is 0 Å². The first kappa shape index (κ1) is 30.7. The third-order valence-corrected chi connectivity index (χ3v) is 6.12. The van der Waals surface area contributed by atoms with Crippen molar-refractivity contribution in [1.82, 2.24) is 29.5 Å². The molecule has 6 rings (SSSR count). The van der Waals surface area contributed by atoms with Crippen LogP contribution in [-0.2, 0) is 33.4 Å². The largest absolute Gasteiger partial charge is 2.00 e. The first-order valence-electron chi connectivity index (χ1n) is 12.5. The second kappa shape index (κ2) is 12.1. The first-order chi connectivity index (χ1) is 20.6. The van der Waals surface area contributed by atoms with Gasteiger partial charge in [-0.05, 0) is 34.4 Å². The standard InChI is InChI=1S/C30H16F6N6O.Pt/c31-29(32,33)23-15-17-41(39-23)27-21(19-7-3-1-4-8-19)11-13-25(37-27)43-26-14-12-22(20-9-5-2-6-10-20)28(38-26)42-18-16-24(40-42)30(34,35)36;/h1-16H;/q-2;+2. The number of hydrogen-bond donors (Lipinski definition) is 0. The van der Waals surface area contributed by atoms with E-state index in [9.17, 15) is 26.3 Å². The third-order valence-electron chi connectivity index (χ3n) is 6.12. The Kier molecular flexibility index (Phi) is 8.42. The van der Waals surface area contributed by atoms with Crippen LogP contribution in [0.5, 0.6) is 11.8 Å². The molecule has 0 saturated heterocycles. The molecule has 6 aromatic rings. The zero-order valence-corrected chi connectivity index (χ0v) is 24.2. The van der Waals surface area contributed by atoms with Crippen LogP contribution in [0.4, 0.5) is 26.3 Å². The van der Waals surface area contributed by atoms with Crippen molar-refractivity contribution in [2.45, 2.75) is 12.4 Å². The minimum Gasteiger partial charge on any atom is -0.423 e. The van der Waals surface area contributed by atoms with Crippen molar-refractivity contribution in [2.24, 2.45) is 0 Å². The normalized spacial score (nSPS) is 11.7. The van der Waals surface area contributed by atoms with Crippen molar-refractivity contribution in [2.75, 3.05) is 0 Å². The number of aromatic nitrogens is 6. The fourth-order valence-electron chi connectivity index (χ4n) is 4.16. The van der Waals surface area contributed by atoms with Crippen molar-refractivity contribution in [3.63, 3.8) is 0 Å². The molecule has 0 spiro atoms. The van der Waals surface area contributed by atoms with Gasteiger partial charge in [0.15, 0.2) is 0 Å².